The molecule has 0 saturated carbocycles. The van der Waals surface area contributed by atoms with Crippen molar-refractivity contribution in [2.75, 3.05) is 45.3 Å². The van der Waals surface area contributed by atoms with Crippen molar-refractivity contribution in [3.63, 3.8) is 0 Å². The minimum absolute atomic E-state index is 0.0233. The lowest BCUT2D eigenvalue weighted by atomic mass is 9.95. The number of piperidine rings is 1. The number of pyridine rings is 1. The molecule has 1 aliphatic rings. The molecule has 0 spiro atoms. The van der Waals surface area contributed by atoms with Gasteiger partial charge in [0.05, 0.1) is 12.7 Å². The molecule has 2 aromatic carbocycles. The second kappa shape index (κ2) is 15.0. The Morgan fingerprint density at radius 2 is 1.60 bits per heavy atom. The third-order valence-electron chi connectivity index (χ3n) is 9.65. The fourth-order valence-corrected chi connectivity index (χ4v) is 13.0. The first kappa shape index (κ1) is 35.8. The molecule has 0 bridgehead atoms. The molecule has 4 aromatic rings. The van der Waals surface area contributed by atoms with E-state index in [-0.39, 0.29) is 29.4 Å². The highest BCUT2D eigenvalue weighted by atomic mass is 32.2. The summed E-state index contributed by atoms with van der Waals surface area (Å²) in [6, 6.07) is 6.53. The molecule has 11 heteroatoms. The van der Waals surface area contributed by atoms with E-state index in [2.05, 4.69) is 62.9 Å². The van der Waals surface area contributed by atoms with Crippen molar-refractivity contribution in [2.24, 2.45) is 0 Å². The van der Waals surface area contributed by atoms with Gasteiger partial charge in [0.25, 0.3) is 0 Å². The number of thioether (sulfide) groups is 1. The highest BCUT2D eigenvalue weighted by molar-refractivity contribution is 7.98. The Morgan fingerprint density at radius 3 is 2.21 bits per heavy atom. The number of nitrogens with zero attached hydrogens (tertiary/aromatic N) is 4. The lowest BCUT2D eigenvalue weighted by Crippen LogP contribution is -2.43. The summed E-state index contributed by atoms with van der Waals surface area (Å²) in [5, 5.41) is 1.95. The van der Waals surface area contributed by atoms with Gasteiger partial charge in [-0.1, -0.05) is 65.3 Å². The molecule has 7 nitrogen and oxygen atoms in total. The molecule has 1 saturated heterocycles. The first-order valence-corrected chi connectivity index (χ1v) is 20.1. The number of anilines is 1. The van der Waals surface area contributed by atoms with Gasteiger partial charge >= 0.3 is 0 Å². The SMILES string of the molecule is COCOc1cc(-c2nc(OC)c3c(N4CCCCC4)nc(SC)nc3c2F)c2c(C#C[Si](C(C)C)(C(C)C)C(C)C)c(F)ccc2c1. The van der Waals surface area contributed by atoms with Crippen LogP contribution in [0.5, 0.6) is 11.6 Å². The van der Waals surface area contributed by atoms with Crippen LogP contribution in [0.4, 0.5) is 14.6 Å². The van der Waals surface area contributed by atoms with Crippen LogP contribution >= 0.6 is 11.8 Å². The van der Waals surface area contributed by atoms with Gasteiger partial charge in [0.2, 0.25) is 5.88 Å². The zero-order chi connectivity index (χ0) is 34.7. The van der Waals surface area contributed by atoms with Gasteiger partial charge in [-0.2, -0.15) is 0 Å². The third-order valence-corrected chi connectivity index (χ3v) is 16.5. The largest absolute Gasteiger partial charge is 0.480 e. The minimum atomic E-state index is -2.24. The number of fused-ring (bicyclic) bond motifs is 2. The first-order valence-electron chi connectivity index (χ1n) is 16.6. The monoisotopic (exact) mass is 692 g/mol. The molecule has 0 radical (unpaired) electrons. The number of halogens is 2. The van der Waals surface area contributed by atoms with Gasteiger partial charge in [0.15, 0.2) is 17.8 Å². The van der Waals surface area contributed by atoms with Gasteiger partial charge in [0.1, 0.15) is 42.1 Å². The van der Waals surface area contributed by atoms with Crippen molar-refractivity contribution in [2.45, 2.75) is 82.6 Å². The normalized spacial score (nSPS) is 13.9. The van der Waals surface area contributed by atoms with E-state index in [1.54, 1.807) is 18.2 Å². The molecule has 48 heavy (non-hydrogen) atoms. The van der Waals surface area contributed by atoms with Gasteiger partial charge in [-0.3, -0.25) is 0 Å². The molecule has 0 amide bonds. The summed E-state index contributed by atoms with van der Waals surface area (Å²) < 4.78 is 50.1. The van der Waals surface area contributed by atoms with E-state index in [1.165, 1.54) is 32.0 Å². The topological polar surface area (TPSA) is 69.6 Å². The Hall–Kier alpha value is -3.46. The Balaban J connectivity index is 1.88. The molecule has 1 fully saturated rings. The third kappa shape index (κ3) is 6.59. The Morgan fingerprint density at radius 1 is 0.917 bits per heavy atom. The van der Waals surface area contributed by atoms with Crippen LogP contribution < -0.4 is 14.4 Å². The molecule has 1 aliphatic heterocycles. The summed E-state index contributed by atoms with van der Waals surface area (Å²) in [7, 11) is 0.788. The van der Waals surface area contributed by atoms with Crippen LogP contribution in [-0.2, 0) is 4.74 Å². The van der Waals surface area contributed by atoms with E-state index in [9.17, 15) is 0 Å². The molecular formula is C37H46F2N4O3SSi. The fraction of sp³-hybridized carbons (Fsp3) is 0.486. The Kier molecular flexibility index (Phi) is 11.2. The van der Waals surface area contributed by atoms with Gasteiger partial charge in [-0.15, -0.1) is 5.54 Å². The average Bonchev–Trinajstić information content (AvgIpc) is 3.07. The number of hydrogen-bond donors (Lipinski definition) is 0. The van der Waals surface area contributed by atoms with Gasteiger partial charge < -0.3 is 19.1 Å². The van der Waals surface area contributed by atoms with E-state index in [4.69, 9.17) is 24.2 Å². The van der Waals surface area contributed by atoms with Crippen LogP contribution in [0.1, 0.15) is 66.4 Å². The minimum Gasteiger partial charge on any atom is -0.480 e. The quantitative estimate of drug-likeness (QED) is 0.0536. The number of rotatable bonds is 10. The molecular weight excluding hydrogens is 647 g/mol. The molecule has 0 aliphatic carbocycles. The summed E-state index contributed by atoms with van der Waals surface area (Å²) >= 11 is 1.35. The molecule has 0 unspecified atom stereocenters. The lowest BCUT2D eigenvalue weighted by Gasteiger charge is -2.38. The Labute approximate surface area is 288 Å². The van der Waals surface area contributed by atoms with Crippen LogP contribution in [0.3, 0.4) is 0 Å². The highest BCUT2D eigenvalue weighted by Crippen LogP contribution is 2.44. The standard InChI is InChI=1S/C37H46F2N4O3SSi/c1-22(2)48(23(3)4,24(5)6)18-15-27-29(38)14-13-25-19-26(46-21-44-7)20-28(30(25)27)33-32(39)34-31(36(40-33)45-8)35(42-37(41-34)47-9)43-16-11-10-12-17-43/h13-14,19-20,22-24H,10-12,16-17,21H2,1-9H3. The van der Waals surface area contributed by atoms with Crippen molar-refractivity contribution in [3.8, 4) is 34.4 Å². The van der Waals surface area contributed by atoms with E-state index >= 15 is 8.78 Å². The summed E-state index contributed by atoms with van der Waals surface area (Å²) in [5.41, 5.74) is 5.31. The predicted octanol–water partition coefficient (Wildman–Crippen LogP) is 9.40. The molecule has 0 atom stereocenters. The average molecular weight is 693 g/mol. The van der Waals surface area contributed by atoms with E-state index in [0.717, 1.165) is 32.4 Å². The molecule has 3 heterocycles. The van der Waals surface area contributed by atoms with Crippen molar-refractivity contribution in [1.82, 2.24) is 15.0 Å². The fourth-order valence-electron chi connectivity index (χ4n) is 7.39. The van der Waals surface area contributed by atoms with Crippen molar-refractivity contribution in [3.05, 3.63) is 41.5 Å². The van der Waals surface area contributed by atoms with Crippen molar-refractivity contribution < 1.29 is 23.0 Å². The Bertz CT molecular complexity index is 1850. The smallest absolute Gasteiger partial charge is 0.227 e. The number of ether oxygens (including phenoxy) is 3. The van der Waals surface area contributed by atoms with Crippen molar-refractivity contribution >= 4 is 47.3 Å². The molecule has 5 rings (SSSR count). The maximum Gasteiger partial charge on any atom is 0.227 e. The molecule has 0 N–H and O–H groups in total. The van der Waals surface area contributed by atoms with Crippen LogP contribution in [0, 0.1) is 23.1 Å². The number of aromatic nitrogens is 3. The van der Waals surface area contributed by atoms with Crippen LogP contribution in [0.15, 0.2) is 29.4 Å². The number of hydrogen-bond acceptors (Lipinski definition) is 8. The van der Waals surface area contributed by atoms with Gasteiger partial charge in [-0.25, -0.2) is 23.7 Å². The molecule has 256 valence electrons. The maximum absolute atomic E-state index is 17.1. The number of methoxy groups -OCH3 is 2. The summed E-state index contributed by atoms with van der Waals surface area (Å²) in [6.45, 7) is 14.9. The van der Waals surface area contributed by atoms with Crippen LogP contribution in [0.25, 0.3) is 32.9 Å². The summed E-state index contributed by atoms with van der Waals surface area (Å²) in [5.74, 6) is 3.42. The van der Waals surface area contributed by atoms with E-state index < -0.39 is 19.7 Å². The molecule has 2 aromatic heterocycles. The maximum atomic E-state index is 17.1. The predicted molar refractivity (Wildman–Crippen MR) is 195 cm³/mol. The van der Waals surface area contributed by atoms with Crippen LogP contribution in [0.2, 0.25) is 16.6 Å². The zero-order valence-electron chi connectivity index (χ0n) is 29.5. The highest BCUT2D eigenvalue weighted by Gasteiger charge is 2.42. The van der Waals surface area contributed by atoms with Gasteiger partial charge in [-0.05, 0) is 65.7 Å². The zero-order valence-corrected chi connectivity index (χ0v) is 31.3. The van der Waals surface area contributed by atoms with E-state index in [1.807, 2.05) is 6.26 Å². The number of benzene rings is 2. The summed E-state index contributed by atoms with van der Waals surface area (Å²) in [4.78, 5) is 16.4. The van der Waals surface area contributed by atoms with Gasteiger partial charge in [0, 0.05) is 31.1 Å². The lowest BCUT2D eigenvalue weighted by molar-refractivity contribution is 0.0512. The summed E-state index contributed by atoms with van der Waals surface area (Å²) in [6.07, 6.45) is 5.03. The van der Waals surface area contributed by atoms with Crippen molar-refractivity contribution in [1.29, 1.82) is 0 Å². The first-order chi connectivity index (χ1) is 23.0. The van der Waals surface area contributed by atoms with E-state index in [0.29, 0.717) is 55.1 Å². The van der Waals surface area contributed by atoms with Crippen LogP contribution in [-0.4, -0.2) is 63.4 Å². The second-order valence-electron chi connectivity index (χ2n) is 13.3. The second-order valence-corrected chi connectivity index (χ2v) is 19.6.